The van der Waals surface area contributed by atoms with Crippen LogP contribution in [0.4, 0.5) is 0 Å². The van der Waals surface area contributed by atoms with Crippen molar-refractivity contribution in [1.29, 1.82) is 0 Å². The molecule has 0 fully saturated rings. The molecule has 0 saturated carbocycles. The Morgan fingerprint density at radius 1 is 0.766 bits per heavy atom. The van der Waals surface area contributed by atoms with E-state index in [2.05, 4.69) is 13.2 Å². The van der Waals surface area contributed by atoms with Gasteiger partial charge in [0.05, 0.1) is 11.0 Å². The molecule has 0 aliphatic rings. The maximum absolute atomic E-state index is 13.8. The maximum Gasteiger partial charge on any atom is 0.338 e. The van der Waals surface area contributed by atoms with Gasteiger partial charge in [0.2, 0.25) is 0 Å². The van der Waals surface area contributed by atoms with Gasteiger partial charge in [-0.3, -0.25) is 9.59 Å². The minimum Gasteiger partial charge on any atom is -0.489 e. The molecule has 0 N–H and O–H groups in total. The molecular weight excluding hydrogens is 600 g/mol. The van der Waals surface area contributed by atoms with Crippen molar-refractivity contribution in [3.05, 3.63) is 121 Å². The molecule has 0 spiro atoms. The lowest BCUT2D eigenvalue weighted by atomic mass is 9.97. The highest BCUT2D eigenvalue weighted by atomic mass is 16.5. The molecule has 244 valence electrons. The van der Waals surface area contributed by atoms with Crippen molar-refractivity contribution in [1.82, 2.24) is 0 Å². The molecule has 0 heterocycles. The Kier molecular flexibility index (Phi) is 12.2. The van der Waals surface area contributed by atoms with E-state index in [4.69, 9.17) is 23.7 Å². The summed E-state index contributed by atoms with van der Waals surface area (Å²) in [5.74, 6) is -1.10. The van der Waals surface area contributed by atoms with Gasteiger partial charge in [-0.1, -0.05) is 37.4 Å². The second-order valence-corrected chi connectivity index (χ2v) is 11.5. The van der Waals surface area contributed by atoms with Crippen LogP contribution in [0.25, 0.3) is 11.1 Å². The second kappa shape index (κ2) is 16.0. The first kappa shape index (κ1) is 35.8. The fourth-order valence-corrected chi connectivity index (χ4v) is 3.70. The highest BCUT2D eigenvalue weighted by molar-refractivity contribution is 6.12. The molecule has 9 heteroatoms. The summed E-state index contributed by atoms with van der Waals surface area (Å²) < 4.78 is 27.6. The van der Waals surface area contributed by atoms with Crippen LogP contribution in [-0.2, 0) is 19.1 Å². The van der Waals surface area contributed by atoms with Gasteiger partial charge in [0.25, 0.3) is 0 Å². The summed E-state index contributed by atoms with van der Waals surface area (Å²) in [4.78, 5) is 50.3. The first-order valence-corrected chi connectivity index (χ1v) is 14.7. The average Bonchev–Trinajstić information content (AvgIpc) is 3.03. The van der Waals surface area contributed by atoms with E-state index in [1.165, 1.54) is 56.7 Å². The Morgan fingerprint density at radius 3 is 1.94 bits per heavy atom. The van der Waals surface area contributed by atoms with Gasteiger partial charge < -0.3 is 23.7 Å². The van der Waals surface area contributed by atoms with E-state index in [0.717, 1.165) is 0 Å². The Balaban J connectivity index is 2.01. The number of rotatable bonds is 13. The van der Waals surface area contributed by atoms with Crippen LogP contribution in [0.1, 0.15) is 57.5 Å². The molecule has 3 rings (SSSR count). The van der Waals surface area contributed by atoms with E-state index < -0.39 is 29.1 Å². The van der Waals surface area contributed by atoms with Gasteiger partial charge in [0.15, 0.2) is 5.78 Å². The first-order chi connectivity index (χ1) is 22.2. The van der Waals surface area contributed by atoms with Crippen molar-refractivity contribution in [2.45, 2.75) is 41.5 Å². The topological polar surface area (TPSA) is 114 Å². The highest BCUT2D eigenvalue weighted by Gasteiger charge is 2.23. The number of ketones is 1. The van der Waals surface area contributed by atoms with Crippen LogP contribution in [-0.4, -0.2) is 30.3 Å². The van der Waals surface area contributed by atoms with E-state index in [1.807, 2.05) is 13.0 Å². The van der Waals surface area contributed by atoms with Crippen molar-refractivity contribution in [3.8, 4) is 34.1 Å². The van der Waals surface area contributed by atoms with Crippen molar-refractivity contribution >= 4 is 23.7 Å². The summed E-state index contributed by atoms with van der Waals surface area (Å²) >= 11 is 0. The summed E-state index contributed by atoms with van der Waals surface area (Å²) in [6.45, 7) is 17.6. The molecule has 3 aromatic rings. The number of hydrogen-bond donors (Lipinski definition) is 0. The lowest BCUT2D eigenvalue weighted by Crippen LogP contribution is -2.20. The zero-order valence-electron chi connectivity index (χ0n) is 27.4. The molecule has 0 aliphatic heterocycles. The number of allylic oxidation sites excluding steroid dienone is 1. The van der Waals surface area contributed by atoms with E-state index in [0.29, 0.717) is 22.6 Å². The summed E-state index contributed by atoms with van der Waals surface area (Å²) in [7, 11) is 0. The number of ether oxygens (including phenoxy) is 5. The molecule has 0 amide bonds. The van der Waals surface area contributed by atoms with E-state index in [1.54, 1.807) is 57.2 Å². The van der Waals surface area contributed by atoms with Gasteiger partial charge in [-0.05, 0) is 95.6 Å². The summed E-state index contributed by atoms with van der Waals surface area (Å²) in [6, 6.07) is 16.0. The predicted octanol–water partition coefficient (Wildman–Crippen LogP) is 7.94. The third-order valence-corrected chi connectivity index (χ3v) is 6.34. The molecule has 47 heavy (non-hydrogen) atoms. The van der Waals surface area contributed by atoms with Crippen LogP contribution in [0.5, 0.6) is 23.0 Å². The third-order valence-electron chi connectivity index (χ3n) is 6.34. The largest absolute Gasteiger partial charge is 0.489 e. The quantitative estimate of drug-likeness (QED) is 0.0459. The van der Waals surface area contributed by atoms with Crippen LogP contribution in [0.3, 0.4) is 0 Å². The molecule has 0 aliphatic carbocycles. The molecular formula is C38H38O9. The molecule has 9 nitrogen and oxygen atoms in total. The number of esters is 3. The van der Waals surface area contributed by atoms with Crippen molar-refractivity contribution < 1.29 is 42.9 Å². The van der Waals surface area contributed by atoms with Gasteiger partial charge in [0, 0.05) is 22.3 Å². The Labute approximate surface area is 274 Å². The minimum absolute atomic E-state index is 0.00176. The summed E-state index contributed by atoms with van der Waals surface area (Å²) in [6.07, 6.45) is 6.07. The zero-order chi connectivity index (χ0) is 34.7. The molecule has 0 saturated heterocycles. The van der Waals surface area contributed by atoms with Gasteiger partial charge in [-0.25, -0.2) is 9.59 Å². The fraction of sp³-hybridized carbons (Fsp3) is 0.211. The van der Waals surface area contributed by atoms with Crippen LogP contribution >= 0.6 is 0 Å². The summed E-state index contributed by atoms with van der Waals surface area (Å²) in [5, 5.41) is 0. The van der Waals surface area contributed by atoms with Gasteiger partial charge in [-0.15, -0.1) is 0 Å². The Hall–Kier alpha value is -5.70. The lowest BCUT2D eigenvalue weighted by Gasteiger charge is -2.17. The van der Waals surface area contributed by atoms with Crippen LogP contribution in [0.2, 0.25) is 0 Å². The highest BCUT2D eigenvalue weighted by Crippen LogP contribution is 2.38. The van der Waals surface area contributed by atoms with Crippen molar-refractivity contribution in [2.24, 2.45) is 5.41 Å². The maximum atomic E-state index is 13.8. The van der Waals surface area contributed by atoms with Crippen LogP contribution < -0.4 is 18.9 Å². The lowest BCUT2D eigenvalue weighted by molar-refractivity contribution is -0.147. The molecule has 3 aromatic carbocycles. The first-order valence-electron chi connectivity index (χ1n) is 14.7. The van der Waals surface area contributed by atoms with E-state index in [9.17, 15) is 19.2 Å². The average molecular weight is 639 g/mol. The molecule has 0 aromatic heterocycles. The van der Waals surface area contributed by atoms with Crippen molar-refractivity contribution in [3.63, 3.8) is 0 Å². The van der Waals surface area contributed by atoms with Crippen molar-refractivity contribution in [2.75, 3.05) is 6.61 Å². The number of carbonyl (C=O) groups is 4. The molecule has 0 bridgehead atoms. The van der Waals surface area contributed by atoms with Crippen LogP contribution in [0, 0.1) is 5.41 Å². The van der Waals surface area contributed by atoms with E-state index >= 15 is 0 Å². The number of benzene rings is 3. The fourth-order valence-electron chi connectivity index (χ4n) is 3.70. The minimum atomic E-state index is -0.711. The standard InChI is InChI=1S/C38H38O9/c1-9-10-19-44-32-23-31(34(39)27-13-17-29(18-14-27)46-35(40)24(2)3)33(47-36(41)25(4)5)22-30(32)26-11-15-28(16-12-26)43-20-21-45-37(42)38(6,7)8/h9-18,20-23H,2,4,19H2,1,3,5-8H3/b10-9+,21-20+. The number of hydrogen-bond acceptors (Lipinski definition) is 9. The number of carbonyl (C=O) groups excluding carboxylic acids is 4. The SMILES string of the molecule is C=C(C)C(=O)Oc1ccc(C(=O)c2cc(OC/C=C/C)c(-c3ccc(O/C=C/OC(=O)C(C)(C)C)cc3)cc2OC(=O)C(=C)C)cc1. The monoisotopic (exact) mass is 638 g/mol. The van der Waals surface area contributed by atoms with E-state index in [-0.39, 0.29) is 40.4 Å². The van der Waals surface area contributed by atoms with Gasteiger partial charge >= 0.3 is 17.9 Å². The second-order valence-electron chi connectivity index (χ2n) is 11.5. The Bertz CT molecular complexity index is 1720. The predicted molar refractivity (Wildman–Crippen MR) is 178 cm³/mol. The zero-order valence-corrected chi connectivity index (χ0v) is 27.4. The third kappa shape index (κ3) is 10.2. The summed E-state index contributed by atoms with van der Waals surface area (Å²) in [5.41, 5.74) is 1.26. The molecule has 0 unspecified atom stereocenters. The molecule has 0 atom stereocenters. The normalized spacial score (nSPS) is 11.2. The Morgan fingerprint density at radius 2 is 1.36 bits per heavy atom. The van der Waals surface area contributed by atoms with Gasteiger partial charge in [0.1, 0.15) is 42.1 Å². The molecule has 0 radical (unpaired) electrons. The van der Waals surface area contributed by atoms with Crippen LogP contribution in [0.15, 0.2) is 110 Å². The van der Waals surface area contributed by atoms with Gasteiger partial charge in [-0.2, -0.15) is 0 Å². The smallest absolute Gasteiger partial charge is 0.338 e.